The number of nitrogens with two attached hydrogens (primary N) is 1. The van der Waals surface area contributed by atoms with Crippen molar-refractivity contribution in [2.45, 2.75) is 77.5 Å². The quantitative estimate of drug-likeness (QED) is 0.638. The zero-order chi connectivity index (χ0) is 27.2. The molecule has 0 bridgehead atoms. The van der Waals surface area contributed by atoms with E-state index < -0.39 is 52.6 Å². The number of carbonyl (C=O) groups excluding carboxylic acids is 3. The largest absolute Gasteiger partial charge is 0.479 e. The third-order valence-corrected chi connectivity index (χ3v) is 6.16. The standard InChI is InChI=1S/C26H35N3O7/c1-24(2,3)35-22(33)28-14-18(15-10-8-9-11-19(15)28)17(13-27)16-12-26(7,21(31)32)29(20(16)30)23(34)36-25(4,5)6/h8-11,14,16-17H,12-13,27H2,1-7H3,(H,31,32)/t16?,17?,26-/m0/s1. The van der Waals surface area contributed by atoms with Gasteiger partial charge in [0.05, 0.1) is 5.52 Å². The zero-order valence-corrected chi connectivity index (χ0v) is 21.8. The summed E-state index contributed by atoms with van der Waals surface area (Å²) in [7, 11) is 0. The van der Waals surface area contributed by atoms with Gasteiger partial charge in [0.25, 0.3) is 0 Å². The molecular formula is C26H35N3O7. The van der Waals surface area contributed by atoms with Crippen LogP contribution in [0.5, 0.6) is 0 Å². The van der Waals surface area contributed by atoms with Crippen molar-refractivity contribution in [3.63, 3.8) is 0 Å². The number of nitrogens with zero attached hydrogens (tertiary/aromatic N) is 2. The average Bonchev–Trinajstić information content (AvgIpc) is 3.23. The first kappa shape index (κ1) is 27.2. The number of carboxylic acids is 1. The Kier molecular flexibility index (Phi) is 6.98. The van der Waals surface area contributed by atoms with Gasteiger partial charge in [-0.15, -0.1) is 0 Å². The summed E-state index contributed by atoms with van der Waals surface area (Å²) >= 11 is 0. The number of hydrogen-bond acceptors (Lipinski definition) is 7. The lowest BCUT2D eigenvalue weighted by Crippen LogP contribution is -2.53. The Morgan fingerprint density at radius 1 is 1.08 bits per heavy atom. The number of likely N-dealkylation sites (tertiary alicyclic amines) is 1. The van der Waals surface area contributed by atoms with Crippen LogP contribution in [0.4, 0.5) is 9.59 Å². The van der Waals surface area contributed by atoms with E-state index in [9.17, 15) is 24.3 Å². The number of para-hydroxylation sites is 1. The third kappa shape index (κ3) is 5.09. The molecule has 1 aromatic carbocycles. The molecule has 2 unspecified atom stereocenters. The average molecular weight is 502 g/mol. The number of carboxylic acid groups (broad SMARTS) is 1. The van der Waals surface area contributed by atoms with E-state index >= 15 is 0 Å². The van der Waals surface area contributed by atoms with E-state index in [0.29, 0.717) is 21.4 Å². The summed E-state index contributed by atoms with van der Waals surface area (Å²) in [6.07, 6.45) is -0.192. The minimum absolute atomic E-state index is 0.0173. The fourth-order valence-corrected chi connectivity index (χ4v) is 4.58. The van der Waals surface area contributed by atoms with E-state index in [0.717, 1.165) is 0 Å². The Labute approximate surface area is 210 Å². The molecule has 2 amide bonds. The van der Waals surface area contributed by atoms with Crippen LogP contribution in [-0.4, -0.2) is 61.9 Å². The molecule has 1 aliphatic rings. The fraction of sp³-hybridized carbons (Fsp3) is 0.538. The number of carbonyl (C=O) groups is 4. The van der Waals surface area contributed by atoms with Crippen molar-refractivity contribution in [3.8, 4) is 0 Å². The number of aliphatic carboxylic acids is 1. The van der Waals surface area contributed by atoms with E-state index in [4.69, 9.17) is 15.2 Å². The van der Waals surface area contributed by atoms with E-state index in [-0.39, 0.29) is 13.0 Å². The van der Waals surface area contributed by atoms with Gasteiger partial charge >= 0.3 is 18.2 Å². The van der Waals surface area contributed by atoms with Gasteiger partial charge in [-0.05, 0) is 66.5 Å². The molecule has 10 heteroatoms. The van der Waals surface area contributed by atoms with Crippen LogP contribution in [0.3, 0.4) is 0 Å². The van der Waals surface area contributed by atoms with E-state index in [1.807, 2.05) is 0 Å². The highest BCUT2D eigenvalue weighted by molar-refractivity contribution is 6.03. The van der Waals surface area contributed by atoms with Crippen LogP contribution in [0.1, 0.15) is 66.4 Å². The molecule has 0 aliphatic carbocycles. The number of ether oxygens (including phenoxy) is 2. The molecule has 0 saturated carbocycles. The predicted molar refractivity (Wildman–Crippen MR) is 133 cm³/mol. The maximum Gasteiger partial charge on any atom is 0.419 e. The maximum atomic E-state index is 13.6. The van der Waals surface area contributed by atoms with Crippen LogP contribution < -0.4 is 5.73 Å². The van der Waals surface area contributed by atoms with Gasteiger partial charge < -0.3 is 20.3 Å². The van der Waals surface area contributed by atoms with Gasteiger partial charge in [-0.25, -0.2) is 19.3 Å². The van der Waals surface area contributed by atoms with Crippen LogP contribution in [0.15, 0.2) is 30.5 Å². The lowest BCUT2D eigenvalue weighted by atomic mass is 9.81. The van der Waals surface area contributed by atoms with Crippen molar-refractivity contribution >= 4 is 35.0 Å². The molecule has 1 aromatic heterocycles. The van der Waals surface area contributed by atoms with Crippen molar-refractivity contribution in [1.29, 1.82) is 0 Å². The van der Waals surface area contributed by atoms with Crippen LogP contribution in [0.25, 0.3) is 10.9 Å². The molecule has 10 nitrogen and oxygen atoms in total. The second-order valence-corrected chi connectivity index (χ2v) is 11.3. The molecule has 1 saturated heterocycles. The highest BCUT2D eigenvalue weighted by Crippen LogP contribution is 2.44. The summed E-state index contributed by atoms with van der Waals surface area (Å²) in [5.41, 5.74) is 3.84. The molecule has 196 valence electrons. The zero-order valence-electron chi connectivity index (χ0n) is 21.8. The molecule has 2 heterocycles. The molecular weight excluding hydrogens is 466 g/mol. The highest BCUT2D eigenvalue weighted by Gasteiger charge is 2.58. The van der Waals surface area contributed by atoms with Gasteiger partial charge in [0.2, 0.25) is 5.91 Å². The van der Waals surface area contributed by atoms with Crippen molar-refractivity contribution in [1.82, 2.24) is 9.47 Å². The van der Waals surface area contributed by atoms with Crippen molar-refractivity contribution in [2.75, 3.05) is 6.54 Å². The third-order valence-electron chi connectivity index (χ3n) is 6.16. The fourth-order valence-electron chi connectivity index (χ4n) is 4.58. The molecule has 3 atom stereocenters. The van der Waals surface area contributed by atoms with Crippen LogP contribution in [0, 0.1) is 5.92 Å². The molecule has 3 rings (SSSR count). The Balaban J connectivity index is 2.09. The van der Waals surface area contributed by atoms with Crippen molar-refractivity contribution in [2.24, 2.45) is 11.7 Å². The van der Waals surface area contributed by atoms with Gasteiger partial charge in [-0.2, -0.15) is 0 Å². The Morgan fingerprint density at radius 2 is 1.64 bits per heavy atom. The lowest BCUT2D eigenvalue weighted by Gasteiger charge is -2.31. The second-order valence-electron chi connectivity index (χ2n) is 11.3. The Bertz CT molecular complexity index is 1200. The first-order valence-corrected chi connectivity index (χ1v) is 11.8. The van der Waals surface area contributed by atoms with E-state index in [2.05, 4.69) is 0 Å². The summed E-state index contributed by atoms with van der Waals surface area (Å²) in [5, 5.41) is 10.7. The number of benzene rings is 1. The van der Waals surface area contributed by atoms with Crippen LogP contribution >= 0.6 is 0 Å². The van der Waals surface area contributed by atoms with Crippen molar-refractivity contribution in [3.05, 3.63) is 36.0 Å². The minimum atomic E-state index is -1.82. The summed E-state index contributed by atoms with van der Waals surface area (Å²) in [5.74, 6) is -3.60. The molecule has 1 aliphatic heterocycles. The number of amides is 2. The first-order chi connectivity index (χ1) is 16.5. The molecule has 0 radical (unpaired) electrons. The van der Waals surface area contributed by atoms with Gasteiger partial charge in [-0.3, -0.25) is 9.36 Å². The summed E-state index contributed by atoms with van der Waals surface area (Å²) in [4.78, 5) is 52.5. The first-order valence-electron chi connectivity index (χ1n) is 11.8. The van der Waals surface area contributed by atoms with E-state index in [1.54, 1.807) is 72.0 Å². The van der Waals surface area contributed by atoms with Gasteiger partial charge in [-0.1, -0.05) is 18.2 Å². The molecule has 0 spiro atoms. The van der Waals surface area contributed by atoms with Crippen LogP contribution in [0.2, 0.25) is 0 Å². The maximum absolute atomic E-state index is 13.6. The molecule has 36 heavy (non-hydrogen) atoms. The molecule has 3 N–H and O–H groups in total. The molecule has 1 fully saturated rings. The predicted octanol–water partition coefficient (Wildman–Crippen LogP) is 4.09. The molecule has 2 aromatic rings. The van der Waals surface area contributed by atoms with E-state index in [1.165, 1.54) is 11.5 Å². The summed E-state index contributed by atoms with van der Waals surface area (Å²) in [6.45, 7) is 11.5. The second kappa shape index (κ2) is 9.24. The topological polar surface area (TPSA) is 141 Å². The summed E-state index contributed by atoms with van der Waals surface area (Å²) in [6, 6.07) is 7.12. The Hall–Kier alpha value is -3.40. The summed E-state index contributed by atoms with van der Waals surface area (Å²) < 4.78 is 12.3. The number of imide groups is 1. The SMILES string of the molecule is CC(C)(C)OC(=O)N1C(=O)C(C(CN)c2cn(C(=O)OC(C)(C)C)c3ccccc23)C[C@@]1(C)C(=O)O. The van der Waals surface area contributed by atoms with Gasteiger partial charge in [0.1, 0.15) is 16.7 Å². The number of aromatic nitrogens is 1. The number of hydrogen-bond donors (Lipinski definition) is 2. The smallest absolute Gasteiger partial charge is 0.419 e. The van der Waals surface area contributed by atoms with Gasteiger partial charge in [0, 0.05) is 30.0 Å². The van der Waals surface area contributed by atoms with Crippen LogP contribution in [-0.2, 0) is 19.1 Å². The number of rotatable bonds is 4. The van der Waals surface area contributed by atoms with Crippen molar-refractivity contribution < 1.29 is 33.8 Å². The minimum Gasteiger partial charge on any atom is -0.479 e. The highest BCUT2D eigenvalue weighted by atomic mass is 16.6. The number of fused-ring (bicyclic) bond motifs is 1. The lowest BCUT2D eigenvalue weighted by molar-refractivity contribution is -0.152. The Morgan fingerprint density at radius 3 is 2.17 bits per heavy atom. The van der Waals surface area contributed by atoms with Gasteiger partial charge in [0.15, 0.2) is 0 Å². The monoisotopic (exact) mass is 501 g/mol. The normalized spacial score (nSPS) is 21.5.